The van der Waals surface area contributed by atoms with Gasteiger partial charge in [0.25, 0.3) is 5.69 Å². The lowest BCUT2D eigenvalue weighted by Gasteiger charge is -2.43. The van der Waals surface area contributed by atoms with Gasteiger partial charge in [-0.1, -0.05) is 29.8 Å². The van der Waals surface area contributed by atoms with E-state index in [2.05, 4.69) is 5.32 Å². The van der Waals surface area contributed by atoms with E-state index in [-0.39, 0.29) is 30.9 Å². The third kappa shape index (κ3) is 5.68. The second-order valence-electron chi connectivity index (χ2n) is 8.70. The molecule has 35 heavy (non-hydrogen) atoms. The largest absolute Gasteiger partial charge is 0.466 e. The molecular weight excluding hydrogens is 452 g/mol. The van der Waals surface area contributed by atoms with Gasteiger partial charge in [0.05, 0.1) is 35.2 Å². The fourth-order valence-electron chi connectivity index (χ4n) is 4.47. The zero-order valence-corrected chi connectivity index (χ0v) is 20.2. The second-order valence-corrected chi connectivity index (χ2v) is 8.70. The van der Waals surface area contributed by atoms with Crippen LogP contribution in [0.5, 0.6) is 0 Å². The highest BCUT2D eigenvalue weighted by molar-refractivity contribution is 5.94. The highest BCUT2D eigenvalue weighted by Gasteiger charge is 2.52. The van der Waals surface area contributed by atoms with Crippen LogP contribution in [-0.4, -0.2) is 40.8 Å². The summed E-state index contributed by atoms with van der Waals surface area (Å²) < 4.78 is 10.6. The minimum absolute atomic E-state index is 0.0655. The molecule has 0 saturated carbocycles. The predicted octanol–water partition coefficient (Wildman–Crippen LogP) is 4.25. The number of hydrogen-bond donors (Lipinski definition) is 2. The minimum atomic E-state index is -1.63. The van der Waals surface area contributed by atoms with E-state index in [9.17, 15) is 24.8 Å². The van der Waals surface area contributed by atoms with Crippen LogP contribution in [0, 0.1) is 23.0 Å². The number of carbonyl (C=O) groups excluding carboxylic acids is 2. The summed E-state index contributed by atoms with van der Waals surface area (Å²) in [5.41, 5.74) is 0.699. The van der Waals surface area contributed by atoms with Gasteiger partial charge < -0.3 is 19.9 Å². The van der Waals surface area contributed by atoms with E-state index in [4.69, 9.17) is 9.47 Å². The van der Waals surface area contributed by atoms with Crippen LogP contribution in [0.25, 0.3) is 0 Å². The third-order valence-corrected chi connectivity index (χ3v) is 6.00. The lowest BCUT2D eigenvalue weighted by Crippen LogP contribution is -2.49. The molecule has 0 radical (unpaired) electrons. The number of carbonyl (C=O) groups is 2. The molecule has 0 saturated heterocycles. The summed E-state index contributed by atoms with van der Waals surface area (Å²) in [6.45, 7) is 6.90. The van der Waals surface area contributed by atoms with Crippen molar-refractivity contribution in [3.63, 3.8) is 0 Å². The number of rotatable bonds is 8. The Hall–Kier alpha value is -3.72. The molecule has 9 nitrogen and oxygen atoms in total. The van der Waals surface area contributed by atoms with Crippen molar-refractivity contribution >= 4 is 23.3 Å². The normalized spacial score (nSPS) is 21.9. The van der Waals surface area contributed by atoms with E-state index in [1.54, 1.807) is 19.9 Å². The van der Waals surface area contributed by atoms with Crippen LogP contribution in [0.4, 0.5) is 11.4 Å². The number of nitrogens with zero attached hydrogens (tertiary/aromatic N) is 1. The van der Waals surface area contributed by atoms with Gasteiger partial charge in [-0.05, 0) is 45.4 Å². The Balaban J connectivity index is 2.28. The SMILES string of the molecule is CCOC(=O)C1=C(Nc2ccc(C)cc2)C[C@](C)(O)[C@@H](C(=O)OCC)[C@H]1c1cccc([N+](=O)[O-])c1. The van der Waals surface area contributed by atoms with Crippen LogP contribution in [0.2, 0.25) is 0 Å². The van der Waals surface area contributed by atoms with E-state index in [1.165, 1.54) is 25.1 Å². The Morgan fingerprint density at radius 1 is 1.14 bits per heavy atom. The van der Waals surface area contributed by atoms with E-state index in [0.717, 1.165) is 5.56 Å². The maximum absolute atomic E-state index is 13.3. The maximum atomic E-state index is 13.3. The molecular formula is C26H30N2O7. The van der Waals surface area contributed by atoms with Gasteiger partial charge in [0.2, 0.25) is 0 Å². The van der Waals surface area contributed by atoms with Crippen LogP contribution >= 0.6 is 0 Å². The van der Waals surface area contributed by atoms with E-state index >= 15 is 0 Å². The molecule has 9 heteroatoms. The first-order valence-corrected chi connectivity index (χ1v) is 11.5. The summed E-state index contributed by atoms with van der Waals surface area (Å²) in [6.07, 6.45) is -0.0655. The van der Waals surface area contributed by atoms with Gasteiger partial charge in [-0.25, -0.2) is 4.79 Å². The monoisotopic (exact) mass is 482 g/mol. The number of aliphatic hydroxyl groups is 1. The molecule has 0 amide bonds. The van der Waals surface area contributed by atoms with Crippen molar-refractivity contribution in [1.29, 1.82) is 0 Å². The Morgan fingerprint density at radius 2 is 1.80 bits per heavy atom. The van der Waals surface area contributed by atoms with Gasteiger partial charge in [0.1, 0.15) is 0 Å². The molecule has 2 N–H and O–H groups in total. The number of esters is 2. The molecule has 0 heterocycles. The highest BCUT2D eigenvalue weighted by atomic mass is 16.6. The molecule has 0 bridgehead atoms. The van der Waals surface area contributed by atoms with Gasteiger partial charge in [0, 0.05) is 35.9 Å². The van der Waals surface area contributed by atoms with Crippen molar-refractivity contribution in [3.8, 4) is 0 Å². The maximum Gasteiger partial charge on any atom is 0.336 e. The van der Waals surface area contributed by atoms with Crippen molar-refractivity contribution in [2.45, 2.75) is 45.6 Å². The number of hydrogen-bond acceptors (Lipinski definition) is 8. The van der Waals surface area contributed by atoms with E-state index < -0.39 is 34.3 Å². The Morgan fingerprint density at radius 3 is 2.40 bits per heavy atom. The molecule has 1 aliphatic rings. The smallest absolute Gasteiger partial charge is 0.336 e. The molecule has 0 aliphatic heterocycles. The fraction of sp³-hybridized carbons (Fsp3) is 0.385. The Kier molecular flexibility index (Phi) is 7.91. The molecule has 2 aromatic carbocycles. The van der Waals surface area contributed by atoms with Crippen molar-refractivity contribution < 1.29 is 29.1 Å². The minimum Gasteiger partial charge on any atom is -0.466 e. The fourth-order valence-corrected chi connectivity index (χ4v) is 4.47. The molecule has 1 aliphatic carbocycles. The van der Waals surface area contributed by atoms with Gasteiger partial charge >= 0.3 is 11.9 Å². The number of aryl methyl sites for hydroxylation is 1. The average molecular weight is 483 g/mol. The molecule has 3 rings (SSSR count). The van der Waals surface area contributed by atoms with Crippen LogP contribution in [0.1, 0.15) is 44.2 Å². The second kappa shape index (κ2) is 10.7. The van der Waals surface area contributed by atoms with E-state index in [1.807, 2.05) is 31.2 Å². The summed E-state index contributed by atoms with van der Waals surface area (Å²) in [4.78, 5) is 37.4. The number of nitrogens with one attached hydrogen (secondary N) is 1. The number of benzene rings is 2. The van der Waals surface area contributed by atoms with Crippen molar-refractivity contribution in [2.24, 2.45) is 5.92 Å². The van der Waals surface area contributed by atoms with Crippen LogP contribution in [-0.2, 0) is 19.1 Å². The van der Waals surface area contributed by atoms with Gasteiger partial charge in [0.15, 0.2) is 0 Å². The van der Waals surface area contributed by atoms with Crippen LogP contribution < -0.4 is 5.32 Å². The van der Waals surface area contributed by atoms with E-state index in [0.29, 0.717) is 16.9 Å². The highest BCUT2D eigenvalue weighted by Crippen LogP contribution is 2.48. The topological polar surface area (TPSA) is 128 Å². The van der Waals surface area contributed by atoms with Crippen LogP contribution in [0.15, 0.2) is 59.8 Å². The summed E-state index contributed by atoms with van der Waals surface area (Å²) in [6, 6.07) is 13.2. The van der Waals surface area contributed by atoms with Gasteiger partial charge in [-0.15, -0.1) is 0 Å². The zero-order chi connectivity index (χ0) is 25.8. The van der Waals surface area contributed by atoms with Crippen molar-refractivity contribution in [1.82, 2.24) is 0 Å². The lowest BCUT2D eigenvalue weighted by molar-refractivity contribution is -0.384. The van der Waals surface area contributed by atoms with Crippen molar-refractivity contribution in [3.05, 3.63) is 81.0 Å². The standard InChI is InChI=1S/C26H30N2O7/c1-5-34-24(29)22-20(27-18-12-10-16(3)11-13-18)15-26(4,31)23(25(30)35-6-2)21(22)17-8-7-9-19(14-17)28(32)33/h7-14,21,23,27,31H,5-6,15H2,1-4H3/t21-,23+,26-/m0/s1. The van der Waals surface area contributed by atoms with Gasteiger partial charge in [-0.2, -0.15) is 0 Å². The molecule has 0 aromatic heterocycles. The first-order valence-electron chi connectivity index (χ1n) is 11.5. The number of anilines is 1. The quantitative estimate of drug-likeness (QED) is 0.325. The first-order chi connectivity index (χ1) is 16.6. The molecule has 0 fully saturated rings. The molecule has 2 aromatic rings. The molecule has 3 atom stereocenters. The average Bonchev–Trinajstić information content (AvgIpc) is 2.79. The molecule has 0 spiro atoms. The molecule has 186 valence electrons. The third-order valence-electron chi connectivity index (χ3n) is 6.00. The number of nitro groups is 1. The van der Waals surface area contributed by atoms with Gasteiger partial charge in [-0.3, -0.25) is 14.9 Å². The summed E-state index contributed by atoms with van der Waals surface area (Å²) >= 11 is 0. The Labute approximate surface area is 203 Å². The summed E-state index contributed by atoms with van der Waals surface area (Å²) in [5, 5.41) is 26.2. The number of nitro benzene ring substituents is 1. The number of ether oxygens (including phenoxy) is 2. The van der Waals surface area contributed by atoms with Crippen LogP contribution in [0.3, 0.4) is 0 Å². The van der Waals surface area contributed by atoms with Crippen molar-refractivity contribution in [2.75, 3.05) is 18.5 Å². The zero-order valence-electron chi connectivity index (χ0n) is 20.2. The summed E-state index contributed by atoms with van der Waals surface area (Å²) in [5.74, 6) is -3.63. The summed E-state index contributed by atoms with van der Waals surface area (Å²) in [7, 11) is 0. The molecule has 0 unspecified atom stereocenters. The first kappa shape index (κ1) is 25.9. The predicted molar refractivity (Wildman–Crippen MR) is 130 cm³/mol. The lowest BCUT2D eigenvalue weighted by atomic mass is 9.65. The number of non-ortho nitro benzene ring substituents is 1. The Bertz CT molecular complexity index is 1140.